The van der Waals surface area contributed by atoms with Crippen LogP contribution in [0.2, 0.25) is 0 Å². The highest BCUT2D eigenvalue weighted by Gasteiger charge is 2.46. The Hall–Kier alpha value is -0.170. The number of hydrogen-bond acceptors (Lipinski definition) is 3. The van der Waals surface area contributed by atoms with Crippen molar-refractivity contribution in [2.75, 3.05) is 13.1 Å². The van der Waals surface area contributed by atoms with Crippen molar-refractivity contribution in [1.29, 1.82) is 0 Å². The molecular weight excluding hydrogens is 216 g/mol. The lowest BCUT2D eigenvalue weighted by Gasteiger charge is -2.45. The van der Waals surface area contributed by atoms with Crippen molar-refractivity contribution < 1.29 is 13.5 Å². The molecule has 0 spiro atoms. The first-order valence-corrected chi connectivity index (χ1v) is 6.53. The summed E-state index contributed by atoms with van der Waals surface area (Å²) in [6, 6.07) is 0. The molecule has 1 saturated heterocycles. The molecule has 15 heavy (non-hydrogen) atoms. The molecule has 0 radical (unpaired) electrons. The van der Waals surface area contributed by atoms with Crippen LogP contribution in [0.5, 0.6) is 0 Å². The third-order valence-electron chi connectivity index (χ3n) is 2.37. The molecule has 1 heterocycles. The van der Waals surface area contributed by atoms with Crippen LogP contribution in [0.3, 0.4) is 0 Å². The Morgan fingerprint density at radius 3 is 2.20 bits per heavy atom. The number of hydrogen-bond donors (Lipinski definition) is 2. The largest absolute Gasteiger partial charge is 0.387 e. The minimum Gasteiger partial charge on any atom is -0.387 e. The third-order valence-corrected chi connectivity index (χ3v) is 4.18. The molecule has 1 fully saturated rings. The Kier molecular flexibility index (Phi) is 3.17. The fourth-order valence-electron chi connectivity index (χ4n) is 1.46. The Balaban J connectivity index is 2.61. The zero-order chi connectivity index (χ0) is 11.9. The van der Waals surface area contributed by atoms with E-state index in [9.17, 15) is 13.5 Å². The fraction of sp³-hybridized carbons (Fsp3) is 1.00. The minimum atomic E-state index is -3.44. The Labute approximate surface area is 91.7 Å². The summed E-state index contributed by atoms with van der Waals surface area (Å²) in [5, 5.41) is 9.72. The van der Waals surface area contributed by atoms with Gasteiger partial charge in [0, 0.05) is 18.6 Å². The van der Waals surface area contributed by atoms with Crippen LogP contribution in [0.15, 0.2) is 0 Å². The van der Waals surface area contributed by atoms with Gasteiger partial charge in [-0.25, -0.2) is 0 Å². The molecule has 0 unspecified atom stereocenters. The van der Waals surface area contributed by atoms with Crippen LogP contribution in [0.25, 0.3) is 0 Å². The molecule has 6 heteroatoms. The van der Waals surface area contributed by atoms with Crippen molar-refractivity contribution in [2.45, 2.75) is 45.3 Å². The van der Waals surface area contributed by atoms with Crippen molar-refractivity contribution in [1.82, 2.24) is 9.03 Å². The maximum absolute atomic E-state index is 11.7. The molecule has 0 aliphatic carbocycles. The summed E-state index contributed by atoms with van der Waals surface area (Å²) >= 11 is 0. The summed E-state index contributed by atoms with van der Waals surface area (Å²) in [5.41, 5.74) is -1.31. The fourth-order valence-corrected chi connectivity index (χ4v) is 3.18. The second-order valence-corrected chi connectivity index (χ2v) is 6.87. The number of β-amino-alcohol motifs (C(OH)–C–C–N with tert-alkyl or cyclic N) is 1. The van der Waals surface area contributed by atoms with E-state index in [1.165, 1.54) is 4.31 Å². The van der Waals surface area contributed by atoms with Gasteiger partial charge in [0.05, 0.1) is 5.60 Å². The Bertz CT molecular complexity index is 326. The first kappa shape index (κ1) is 12.9. The van der Waals surface area contributed by atoms with Gasteiger partial charge in [0.25, 0.3) is 10.2 Å². The molecule has 0 saturated carbocycles. The van der Waals surface area contributed by atoms with E-state index in [2.05, 4.69) is 4.72 Å². The van der Waals surface area contributed by atoms with E-state index in [1.54, 1.807) is 20.8 Å². The van der Waals surface area contributed by atoms with Gasteiger partial charge in [0.15, 0.2) is 0 Å². The van der Waals surface area contributed by atoms with Crippen molar-refractivity contribution >= 4 is 10.2 Å². The molecule has 0 aromatic heterocycles. The van der Waals surface area contributed by atoms with E-state index in [4.69, 9.17) is 0 Å². The standard InChI is InChI=1S/C9H20N2O3S/c1-5-9(12)6-11(7-9)15(13,14)10-8(2,3)4/h10,12H,5-7H2,1-4H3. The van der Waals surface area contributed by atoms with Crippen molar-refractivity contribution in [2.24, 2.45) is 0 Å². The molecule has 0 bridgehead atoms. The summed E-state index contributed by atoms with van der Waals surface area (Å²) in [6.45, 7) is 7.59. The van der Waals surface area contributed by atoms with Crippen LogP contribution in [0, 0.1) is 0 Å². The number of aliphatic hydroxyl groups is 1. The summed E-state index contributed by atoms with van der Waals surface area (Å²) in [4.78, 5) is 0. The van der Waals surface area contributed by atoms with Gasteiger partial charge in [0.2, 0.25) is 0 Å². The molecule has 90 valence electrons. The van der Waals surface area contributed by atoms with E-state index < -0.39 is 21.3 Å². The van der Waals surface area contributed by atoms with Gasteiger partial charge in [-0.1, -0.05) is 6.92 Å². The third kappa shape index (κ3) is 3.14. The van der Waals surface area contributed by atoms with Gasteiger partial charge < -0.3 is 5.11 Å². The van der Waals surface area contributed by atoms with Crippen LogP contribution in [-0.2, 0) is 10.2 Å². The summed E-state index contributed by atoms with van der Waals surface area (Å²) in [5.74, 6) is 0. The number of nitrogens with one attached hydrogen (secondary N) is 1. The molecule has 0 atom stereocenters. The normalized spacial score (nSPS) is 22.5. The Morgan fingerprint density at radius 1 is 1.40 bits per heavy atom. The highest BCUT2D eigenvalue weighted by atomic mass is 32.2. The summed E-state index contributed by atoms with van der Waals surface area (Å²) in [7, 11) is -3.44. The molecule has 1 aliphatic rings. The average molecular weight is 236 g/mol. The van der Waals surface area contributed by atoms with E-state index in [1.807, 2.05) is 6.92 Å². The van der Waals surface area contributed by atoms with E-state index in [0.29, 0.717) is 6.42 Å². The van der Waals surface area contributed by atoms with Gasteiger partial charge in [-0.3, -0.25) is 0 Å². The quantitative estimate of drug-likeness (QED) is 0.729. The van der Waals surface area contributed by atoms with Crippen molar-refractivity contribution in [3.63, 3.8) is 0 Å². The SMILES string of the molecule is CCC1(O)CN(S(=O)(=O)NC(C)(C)C)C1. The lowest BCUT2D eigenvalue weighted by molar-refractivity contribution is -0.0621. The molecule has 0 aromatic rings. The van der Waals surface area contributed by atoms with Gasteiger partial charge in [-0.15, -0.1) is 0 Å². The van der Waals surface area contributed by atoms with E-state index in [0.717, 1.165) is 0 Å². The molecule has 0 amide bonds. The lowest BCUT2D eigenvalue weighted by Crippen LogP contribution is -2.66. The van der Waals surface area contributed by atoms with Gasteiger partial charge in [-0.05, 0) is 27.2 Å². The topological polar surface area (TPSA) is 69.6 Å². The second-order valence-electron chi connectivity index (χ2n) is 5.20. The van der Waals surface area contributed by atoms with E-state index >= 15 is 0 Å². The molecule has 2 N–H and O–H groups in total. The van der Waals surface area contributed by atoms with Crippen LogP contribution in [0.1, 0.15) is 34.1 Å². The van der Waals surface area contributed by atoms with E-state index in [-0.39, 0.29) is 13.1 Å². The number of nitrogens with zero attached hydrogens (tertiary/aromatic N) is 1. The number of rotatable bonds is 3. The molecule has 1 aliphatic heterocycles. The maximum atomic E-state index is 11.7. The molecule has 5 nitrogen and oxygen atoms in total. The summed E-state index contributed by atoms with van der Waals surface area (Å²) < 4.78 is 27.3. The van der Waals surface area contributed by atoms with Gasteiger partial charge in [0.1, 0.15) is 0 Å². The van der Waals surface area contributed by atoms with Crippen LogP contribution in [0.4, 0.5) is 0 Å². The minimum absolute atomic E-state index is 0.189. The molecular formula is C9H20N2O3S. The zero-order valence-electron chi connectivity index (χ0n) is 9.74. The Morgan fingerprint density at radius 2 is 1.87 bits per heavy atom. The van der Waals surface area contributed by atoms with Gasteiger partial charge in [-0.2, -0.15) is 17.4 Å². The van der Waals surface area contributed by atoms with Gasteiger partial charge >= 0.3 is 0 Å². The summed E-state index contributed by atoms with van der Waals surface area (Å²) in [6.07, 6.45) is 0.578. The van der Waals surface area contributed by atoms with Crippen molar-refractivity contribution in [3.8, 4) is 0 Å². The lowest BCUT2D eigenvalue weighted by atomic mass is 9.94. The van der Waals surface area contributed by atoms with Crippen LogP contribution < -0.4 is 4.72 Å². The average Bonchev–Trinajstić information content (AvgIpc) is 1.93. The smallest absolute Gasteiger partial charge is 0.280 e. The monoisotopic (exact) mass is 236 g/mol. The highest BCUT2D eigenvalue weighted by Crippen LogP contribution is 2.26. The van der Waals surface area contributed by atoms with Crippen LogP contribution >= 0.6 is 0 Å². The van der Waals surface area contributed by atoms with Crippen LogP contribution in [-0.4, -0.2) is 42.1 Å². The zero-order valence-corrected chi connectivity index (χ0v) is 10.6. The first-order valence-electron chi connectivity index (χ1n) is 5.09. The first-order chi connectivity index (χ1) is 6.58. The predicted molar refractivity (Wildman–Crippen MR) is 58.6 cm³/mol. The highest BCUT2D eigenvalue weighted by molar-refractivity contribution is 7.87. The van der Waals surface area contributed by atoms with Crippen molar-refractivity contribution in [3.05, 3.63) is 0 Å². The molecule has 0 aromatic carbocycles. The molecule has 1 rings (SSSR count). The maximum Gasteiger partial charge on any atom is 0.280 e. The second kappa shape index (κ2) is 3.69. The predicted octanol–water partition coefficient (Wildman–Crippen LogP) is 0.0760.